The molecule has 1 unspecified atom stereocenters. The fourth-order valence-corrected chi connectivity index (χ4v) is 8.57. The Morgan fingerprint density at radius 3 is 2.34 bits per heavy atom. The lowest BCUT2D eigenvalue weighted by atomic mass is 9.83. The Morgan fingerprint density at radius 2 is 1.69 bits per heavy atom. The van der Waals surface area contributed by atoms with Crippen LogP contribution in [-0.2, 0) is 15.0 Å². The summed E-state index contributed by atoms with van der Waals surface area (Å²) in [6.07, 6.45) is 5.23. The topological polar surface area (TPSA) is 116 Å². The molecule has 3 fully saturated rings. The number of amides is 2. The van der Waals surface area contributed by atoms with E-state index in [0.717, 1.165) is 85.7 Å². The molecular weight excluding hydrogens is 760 g/mol. The smallest absolute Gasteiger partial charge is 0.254 e. The van der Waals surface area contributed by atoms with E-state index in [4.69, 9.17) is 11.6 Å². The maximum absolute atomic E-state index is 13.7. The van der Waals surface area contributed by atoms with Gasteiger partial charge in [-0.3, -0.25) is 14.5 Å². The summed E-state index contributed by atoms with van der Waals surface area (Å²) in [7, 11) is 3.67. The second-order valence-electron chi connectivity index (χ2n) is 16.4. The van der Waals surface area contributed by atoms with Crippen LogP contribution in [0.15, 0.2) is 91.8 Å². The number of rotatable bonds is 12. The summed E-state index contributed by atoms with van der Waals surface area (Å²) in [5.74, 6) is 0.419. The molecule has 4 heterocycles. The maximum atomic E-state index is 13.7. The number of nitriles is 1. The van der Waals surface area contributed by atoms with Gasteiger partial charge in [-0.1, -0.05) is 55.1 Å². The predicted octanol–water partition coefficient (Wildman–Crippen LogP) is 7.28. The third-order valence-corrected chi connectivity index (χ3v) is 12.4. The van der Waals surface area contributed by atoms with Gasteiger partial charge in [-0.15, -0.1) is 0 Å². The van der Waals surface area contributed by atoms with E-state index in [9.17, 15) is 19.6 Å². The summed E-state index contributed by atoms with van der Waals surface area (Å²) < 4.78 is 0. The van der Waals surface area contributed by atoms with Crippen molar-refractivity contribution in [2.24, 2.45) is 5.92 Å². The molecule has 3 saturated heterocycles. The number of piperazine rings is 1. The van der Waals surface area contributed by atoms with Crippen molar-refractivity contribution in [3.63, 3.8) is 0 Å². The molecule has 0 saturated carbocycles. The van der Waals surface area contributed by atoms with Gasteiger partial charge in [-0.05, 0) is 85.0 Å². The molecule has 0 aliphatic carbocycles. The van der Waals surface area contributed by atoms with Gasteiger partial charge in [0.1, 0.15) is 12.4 Å². The molecule has 11 nitrogen and oxygen atoms in total. The number of halogens is 1. The number of nitrogens with zero attached hydrogens (tertiary/aromatic N) is 7. The number of hydrogen-bond acceptors (Lipinski definition) is 9. The zero-order valence-corrected chi connectivity index (χ0v) is 35.0. The Hall–Kier alpha value is -5.96. The molecule has 7 rings (SSSR count). The minimum absolute atomic E-state index is 0.0613. The van der Waals surface area contributed by atoms with Gasteiger partial charge in [0.15, 0.2) is 5.69 Å². The number of aromatic nitrogens is 1. The summed E-state index contributed by atoms with van der Waals surface area (Å²) in [4.78, 5) is 53.0. The van der Waals surface area contributed by atoms with Crippen molar-refractivity contribution in [1.82, 2.24) is 20.1 Å². The highest BCUT2D eigenvalue weighted by atomic mass is 35.5. The largest absolute Gasteiger partial charge is 0.371 e. The predicted molar refractivity (Wildman–Crippen MR) is 236 cm³/mol. The van der Waals surface area contributed by atoms with Crippen LogP contribution < -0.4 is 20.0 Å². The van der Waals surface area contributed by atoms with Crippen LogP contribution in [0.25, 0.3) is 17.2 Å². The van der Waals surface area contributed by atoms with Crippen molar-refractivity contribution >= 4 is 58.5 Å². The van der Waals surface area contributed by atoms with Crippen molar-refractivity contribution in [1.29, 1.82) is 5.26 Å². The van der Waals surface area contributed by atoms with Crippen LogP contribution in [0, 0.1) is 17.2 Å². The fraction of sp³-hybridized carbons (Fsp3) is 0.340. The average Bonchev–Trinajstić information content (AvgIpc) is 3.24. The van der Waals surface area contributed by atoms with Crippen molar-refractivity contribution in [2.45, 2.75) is 38.1 Å². The Morgan fingerprint density at radius 1 is 1.00 bits per heavy atom. The molecule has 3 aliphatic rings. The molecule has 0 radical (unpaired) electrons. The molecule has 304 valence electrons. The van der Waals surface area contributed by atoms with E-state index in [1.165, 1.54) is 5.69 Å². The van der Waals surface area contributed by atoms with Gasteiger partial charge in [0.05, 0.1) is 22.9 Å². The number of piperidine rings is 1. The number of likely N-dealkylation sites (N-methyl/N-ethyl adjacent to an activating group) is 1. The minimum Gasteiger partial charge on any atom is -0.371 e. The zero-order valence-electron chi connectivity index (χ0n) is 34.2. The van der Waals surface area contributed by atoms with Crippen molar-refractivity contribution in [3.05, 3.63) is 119 Å². The molecule has 1 aromatic heterocycles. The molecule has 3 aliphatic heterocycles. The molecule has 1 atom stereocenters. The van der Waals surface area contributed by atoms with Crippen LogP contribution in [0.2, 0.25) is 5.02 Å². The van der Waals surface area contributed by atoms with Gasteiger partial charge in [0.25, 0.3) is 5.91 Å². The molecule has 0 spiro atoms. The molecule has 4 aromatic rings. The quantitative estimate of drug-likeness (QED) is 0.148. The number of carbonyl (C=O) groups is 3. The third-order valence-electron chi connectivity index (χ3n) is 12.1. The molecule has 3 aromatic carbocycles. The number of pyridine rings is 1. The van der Waals surface area contributed by atoms with E-state index in [1.807, 2.05) is 50.1 Å². The highest BCUT2D eigenvalue weighted by Crippen LogP contribution is 2.39. The Labute approximate surface area is 352 Å². The summed E-state index contributed by atoms with van der Waals surface area (Å²) in [6.45, 7) is 18.5. The standard InChI is InChI=1S/C47H51ClN8O3/c1-7-33-8-14-37(23-39(33)46(59)53(6)43-16-17-45(58)51-31(43)2)55-20-18-54(19-21-55)27-32-28-56(29-32)36-12-9-34(10-13-36)35-11-15-44(40(22-35)47(3,4)30-57)52(5)38-24-41(48)42(25-49)50-26-38/h7-15,22-24,26,30,32,43H,1-2,16-21,27-29H2,3-6H3,(H,51,58). The van der Waals surface area contributed by atoms with E-state index < -0.39 is 5.41 Å². The average molecular weight is 811 g/mol. The van der Waals surface area contributed by atoms with E-state index in [-0.39, 0.29) is 28.6 Å². The van der Waals surface area contributed by atoms with Crippen LogP contribution >= 0.6 is 11.6 Å². The Balaban J connectivity index is 0.938. The summed E-state index contributed by atoms with van der Waals surface area (Å²) in [5, 5.41) is 12.3. The van der Waals surface area contributed by atoms with Gasteiger partial charge in [0.2, 0.25) is 5.91 Å². The maximum Gasteiger partial charge on any atom is 0.254 e. The number of aldehydes is 1. The molecule has 12 heteroatoms. The normalized spacial score (nSPS) is 17.5. The van der Waals surface area contributed by atoms with E-state index in [2.05, 4.69) is 80.6 Å². The first kappa shape index (κ1) is 41.2. The van der Waals surface area contributed by atoms with Gasteiger partial charge in [-0.25, -0.2) is 4.98 Å². The first-order chi connectivity index (χ1) is 28.3. The van der Waals surface area contributed by atoms with Crippen LogP contribution in [0.1, 0.15) is 53.9 Å². The first-order valence-electron chi connectivity index (χ1n) is 20.1. The van der Waals surface area contributed by atoms with Crippen LogP contribution in [0.4, 0.5) is 22.7 Å². The van der Waals surface area contributed by atoms with Crippen LogP contribution in [0.3, 0.4) is 0 Å². The SMILES string of the molecule is C=Cc1ccc(N2CCN(CC3CN(c4ccc(-c5ccc(N(C)c6cnc(C#N)c(Cl)c6)c(C(C)(C)C=O)c5)cc4)C3)CC2)cc1C(=O)N(C)C1CCC(=O)NC1=C. The Kier molecular flexibility index (Phi) is 11.9. The van der Waals surface area contributed by atoms with Crippen LogP contribution in [-0.4, -0.2) is 98.8 Å². The number of carbonyl (C=O) groups excluding carboxylic acids is 3. The molecule has 0 bridgehead atoms. The monoisotopic (exact) mass is 810 g/mol. The fourth-order valence-electron chi connectivity index (χ4n) is 8.36. The lowest BCUT2D eigenvalue weighted by Gasteiger charge is -2.45. The third kappa shape index (κ3) is 8.61. The Bertz CT molecular complexity index is 2320. The second-order valence-corrected chi connectivity index (χ2v) is 16.8. The number of hydrogen-bond donors (Lipinski definition) is 1. The lowest BCUT2D eigenvalue weighted by molar-refractivity contribution is -0.121. The number of benzene rings is 3. The molecular formula is C47H51ClN8O3. The highest BCUT2D eigenvalue weighted by molar-refractivity contribution is 6.31. The van der Waals surface area contributed by atoms with Crippen molar-refractivity contribution in [2.75, 3.05) is 74.6 Å². The molecule has 1 N–H and O–H groups in total. The first-order valence-corrected chi connectivity index (χ1v) is 20.4. The van der Waals surface area contributed by atoms with Gasteiger partial charge >= 0.3 is 0 Å². The lowest BCUT2D eigenvalue weighted by Crippen LogP contribution is -2.55. The van der Waals surface area contributed by atoms with E-state index in [1.54, 1.807) is 30.3 Å². The van der Waals surface area contributed by atoms with Gasteiger partial charge < -0.3 is 29.7 Å². The van der Waals surface area contributed by atoms with Crippen LogP contribution in [0.5, 0.6) is 0 Å². The molecule has 59 heavy (non-hydrogen) atoms. The summed E-state index contributed by atoms with van der Waals surface area (Å²) in [6, 6.07) is 24.3. The minimum atomic E-state index is -0.755. The second kappa shape index (κ2) is 17.1. The van der Waals surface area contributed by atoms with Crippen molar-refractivity contribution < 1.29 is 14.4 Å². The van der Waals surface area contributed by atoms with E-state index in [0.29, 0.717) is 35.7 Å². The highest BCUT2D eigenvalue weighted by Gasteiger charge is 2.32. The number of anilines is 4. The number of nitrogens with one attached hydrogen (secondary N) is 1. The summed E-state index contributed by atoms with van der Waals surface area (Å²) >= 11 is 6.30. The summed E-state index contributed by atoms with van der Waals surface area (Å²) in [5.41, 5.74) is 8.11. The zero-order chi connectivity index (χ0) is 42.0. The van der Waals surface area contributed by atoms with Gasteiger partial charge in [-0.2, -0.15) is 5.26 Å². The van der Waals surface area contributed by atoms with E-state index >= 15 is 0 Å². The molecule has 2 amide bonds. The van der Waals surface area contributed by atoms with Crippen molar-refractivity contribution in [3.8, 4) is 17.2 Å². The van der Waals surface area contributed by atoms with Gasteiger partial charge in [0, 0.05) is 106 Å².